The van der Waals surface area contributed by atoms with Crippen LogP contribution < -0.4 is 20.2 Å². The average Bonchev–Trinajstić information content (AvgIpc) is 2.74. The van der Waals surface area contributed by atoms with E-state index in [-0.39, 0.29) is 0 Å². The normalized spacial score (nSPS) is 10.5. The van der Waals surface area contributed by atoms with Gasteiger partial charge in [0.1, 0.15) is 23.6 Å². The van der Waals surface area contributed by atoms with Crippen LogP contribution in [0.25, 0.3) is 0 Å². The van der Waals surface area contributed by atoms with Gasteiger partial charge in [-0.05, 0) is 29.8 Å². The molecule has 0 aliphatic carbocycles. The number of hydrogen-bond donors (Lipinski definition) is 3. The van der Waals surface area contributed by atoms with Gasteiger partial charge in [-0.25, -0.2) is 9.97 Å². The summed E-state index contributed by atoms with van der Waals surface area (Å²) in [7, 11) is 3.22. The molecular weight excluding hydrogens is 356 g/mol. The van der Waals surface area contributed by atoms with Gasteiger partial charge < -0.3 is 20.2 Å². The quantitative estimate of drug-likeness (QED) is 0.409. The van der Waals surface area contributed by atoms with Crippen molar-refractivity contribution in [3.8, 4) is 11.5 Å². The second-order valence-electron chi connectivity index (χ2n) is 5.63. The number of nitrogens with zero attached hydrogens (tertiary/aromatic N) is 3. The summed E-state index contributed by atoms with van der Waals surface area (Å²) in [5.74, 6) is 2.36. The van der Waals surface area contributed by atoms with Gasteiger partial charge in [0, 0.05) is 18.0 Å². The zero-order valence-corrected chi connectivity index (χ0v) is 15.5. The van der Waals surface area contributed by atoms with Crippen LogP contribution >= 0.6 is 0 Å². The van der Waals surface area contributed by atoms with E-state index in [1.165, 1.54) is 12.5 Å². The van der Waals surface area contributed by atoms with Crippen molar-refractivity contribution in [1.29, 1.82) is 5.41 Å². The first-order valence-electron chi connectivity index (χ1n) is 8.43. The Morgan fingerprint density at radius 3 is 2.43 bits per heavy atom. The van der Waals surface area contributed by atoms with Crippen molar-refractivity contribution < 1.29 is 9.47 Å². The summed E-state index contributed by atoms with van der Waals surface area (Å²) >= 11 is 0. The summed E-state index contributed by atoms with van der Waals surface area (Å²) in [6, 6.07) is 14.9. The molecule has 0 atom stereocenters. The van der Waals surface area contributed by atoms with Crippen LogP contribution in [0.1, 0.15) is 11.1 Å². The molecule has 0 aliphatic rings. The molecule has 3 rings (SSSR count). The van der Waals surface area contributed by atoms with Crippen molar-refractivity contribution in [3.05, 3.63) is 66.0 Å². The number of nitrogens with one attached hydrogen (secondary N) is 3. The highest BCUT2D eigenvalue weighted by Gasteiger charge is 2.09. The Morgan fingerprint density at radius 1 is 0.964 bits per heavy atom. The van der Waals surface area contributed by atoms with Crippen molar-refractivity contribution in [2.45, 2.75) is 0 Å². The third-order valence-corrected chi connectivity index (χ3v) is 3.84. The standard InChI is InChI=1S/C20H20N6O2/c1-27-16-7-3-5-14(9-16)12-24-26-20-18(11-21)19(22-13-23-20)25-15-6-4-8-17(10-15)28-2/h3-13,21H,1-2H3,(H2,22,23,25,26)/b21-11?,24-12+. The molecule has 8 nitrogen and oxygen atoms in total. The SMILES string of the molecule is COc1cccc(/C=N/Nc2ncnc(Nc3cccc(OC)c3)c2C=N)c1. The van der Waals surface area contributed by atoms with Crippen LogP contribution in [0, 0.1) is 5.41 Å². The van der Waals surface area contributed by atoms with E-state index in [4.69, 9.17) is 14.9 Å². The minimum absolute atomic E-state index is 0.412. The summed E-state index contributed by atoms with van der Waals surface area (Å²) in [4.78, 5) is 8.40. The molecule has 28 heavy (non-hydrogen) atoms. The lowest BCUT2D eigenvalue weighted by Gasteiger charge is -2.11. The highest BCUT2D eigenvalue weighted by molar-refractivity contribution is 5.92. The molecule has 8 heteroatoms. The van der Waals surface area contributed by atoms with E-state index in [9.17, 15) is 0 Å². The molecule has 0 radical (unpaired) electrons. The van der Waals surface area contributed by atoms with E-state index in [1.54, 1.807) is 20.4 Å². The summed E-state index contributed by atoms with van der Waals surface area (Å²) in [5, 5.41) is 15.1. The zero-order valence-electron chi connectivity index (χ0n) is 15.5. The van der Waals surface area contributed by atoms with E-state index in [2.05, 4.69) is 25.8 Å². The molecular formula is C20H20N6O2. The van der Waals surface area contributed by atoms with Crippen LogP contribution in [-0.4, -0.2) is 36.6 Å². The Morgan fingerprint density at radius 2 is 1.68 bits per heavy atom. The van der Waals surface area contributed by atoms with Gasteiger partial charge in [0.25, 0.3) is 0 Å². The van der Waals surface area contributed by atoms with Gasteiger partial charge in [0.2, 0.25) is 0 Å². The molecule has 0 saturated heterocycles. The Balaban J connectivity index is 1.79. The molecule has 0 bridgehead atoms. The van der Waals surface area contributed by atoms with Crippen LogP contribution in [0.3, 0.4) is 0 Å². The lowest BCUT2D eigenvalue weighted by atomic mass is 10.2. The van der Waals surface area contributed by atoms with Crippen molar-refractivity contribution in [2.24, 2.45) is 5.10 Å². The highest BCUT2D eigenvalue weighted by Crippen LogP contribution is 2.24. The van der Waals surface area contributed by atoms with Crippen LogP contribution in [0.5, 0.6) is 11.5 Å². The number of ether oxygens (including phenoxy) is 2. The molecule has 0 fully saturated rings. The third kappa shape index (κ3) is 4.61. The predicted octanol–water partition coefficient (Wildman–Crippen LogP) is 3.68. The van der Waals surface area contributed by atoms with Crippen molar-refractivity contribution in [2.75, 3.05) is 25.0 Å². The summed E-state index contributed by atoms with van der Waals surface area (Å²) in [5.41, 5.74) is 4.99. The van der Waals surface area contributed by atoms with Crippen LogP contribution in [0.15, 0.2) is 60.0 Å². The van der Waals surface area contributed by atoms with Gasteiger partial charge in [-0.3, -0.25) is 5.43 Å². The third-order valence-electron chi connectivity index (χ3n) is 3.84. The van der Waals surface area contributed by atoms with Gasteiger partial charge in [0.05, 0.1) is 26.0 Å². The smallest absolute Gasteiger partial charge is 0.160 e. The predicted molar refractivity (Wildman–Crippen MR) is 110 cm³/mol. The Hall–Kier alpha value is -3.94. The second kappa shape index (κ2) is 9.13. The Kier molecular flexibility index (Phi) is 6.14. The first-order valence-corrected chi connectivity index (χ1v) is 8.43. The number of methoxy groups -OCH3 is 2. The fourth-order valence-corrected chi connectivity index (χ4v) is 2.45. The number of hydrogen-bond acceptors (Lipinski definition) is 8. The van der Waals surface area contributed by atoms with E-state index in [0.29, 0.717) is 17.2 Å². The van der Waals surface area contributed by atoms with E-state index in [1.807, 2.05) is 48.5 Å². The van der Waals surface area contributed by atoms with Gasteiger partial charge in [-0.15, -0.1) is 0 Å². The lowest BCUT2D eigenvalue weighted by Crippen LogP contribution is -2.05. The van der Waals surface area contributed by atoms with E-state index >= 15 is 0 Å². The summed E-state index contributed by atoms with van der Waals surface area (Å²) < 4.78 is 10.4. The molecule has 1 heterocycles. The Bertz CT molecular complexity index is 990. The molecule has 0 aliphatic heterocycles. The van der Waals surface area contributed by atoms with Gasteiger partial charge in [-0.1, -0.05) is 18.2 Å². The number of benzene rings is 2. The maximum atomic E-state index is 7.74. The van der Waals surface area contributed by atoms with Crippen LogP contribution in [0.4, 0.5) is 17.3 Å². The van der Waals surface area contributed by atoms with E-state index < -0.39 is 0 Å². The topological polar surface area (TPSA) is 105 Å². The van der Waals surface area contributed by atoms with Gasteiger partial charge >= 0.3 is 0 Å². The number of anilines is 3. The fourth-order valence-electron chi connectivity index (χ4n) is 2.45. The summed E-state index contributed by atoms with van der Waals surface area (Å²) in [6.07, 6.45) is 4.22. The number of aromatic nitrogens is 2. The number of rotatable bonds is 8. The first kappa shape index (κ1) is 18.8. The van der Waals surface area contributed by atoms with Crippen LogP contribution in [0.2, 0.25) is 0 Å². The van der Waals surface area contributed by atoms with Gasteiger partial charge in [0.15, 0.2) is 5.82 Å². The zero-order chi connectivity index (χ0) is 19.8. The monoisotopic (exact) mass is 376 g/mol. The molecule has 2 aromatic carbocycles. The first-order chi connectivity index (χ1) is 13.7. The molecule has 0 spiro atoms. The molecule has 142 valence electrons. The minimum Gasteiger partial charge on any atom is -0.497 e. The maximum Gasteiger partial charge on any atom is 0.160 e. The van der Waals surface area contributed by atoms with Gasteiger partial charge in [-0.2, -0.15) is 5.10 Å². The van der Waals surface area contributed by atoms with Crippen molar-refractivity contribution in [1.82, 2.24) is 9.97 Å². The largest absolute Gasteiger partial charge is 0.497 e. The molecule has 3 aromatic rings. The molecule has 0 unspecified atom stereocenters. The molecule has 0 saturated carbocycles. The Labute approximate surface area is 162 Å². The number of hydrazone groups is 1. The highest BCUT2D eigenvalue weighted by atomic mass is 16.5. The molecule has 1 aromatic heterocycles. The van der Waals surface area contributed by atoms with E-state index in [0.717, 1.165) is 22.7 Å². The van der Waals surface area contributed by atoms with Crippen LogP contribution in [-0.2, 0) is 0 Å². The fraction of sp³-hybridized carbons (Fsp3) is 0.100. The lowest BCUT2D eigenvalue weighted by molar-refractivity contribution is 0.414. The minimum atomic E-state index is 0.412. The van der Waals surface area contributed by atoms with Crippen molar-refractivity contribution >= 4 is 29.8 Å². The average molecular weight is 376 g/mol. The second-order valence-corrected chi connectivity index (χ2v) is 5.63. The summed E-state index contributed by atoms with van der Waals surface area (Å²) in [6.45, 7) is 0. The molecule has 0 amide bonds. The van der Waals surface area contributed by atoms with Crippen molar-refractivity contribution in [3.63, 3.8) is 0 Å². The maximum absolute atomic E-state index is 7.74. The molecule has 3 N–H and O–H groups in total.